The second-order valence-corrected chi connectivity index (χ2v) is 8.22. The van der Waals surface area contributed by atoms with Crippen LogP contribution in [-0.2, 0) is 29.8 Å². The quantitative estimate of drug-likeness (QED) is 0.322. The first kappa shape index (κ1) is 22.5. The molecule has 3 aromatic rings. The minimum absolute atomic E-state index is 0.337. The van der Waals surface area contributed by atoms with Crippen molar-refractivity contribution >= 4 is 5.97 Å². The average Bonchev–Trinajstić information content (AvgIpc) is 2.98. The van der Waals surface area contributed by atoms with E-state index in [0.717, 1.165) is 22.6 Å². The summed E-state index contributed by atoms with van der Waals surface area (Å²) in [4.78, 5) is 17.7. The maximum atomic E-state index is 12.1. The fraction of sp³-hybridized carbons (Fsp3) is 0.333. The Kier molecular flexibility index (Phi) is 7.09. The smallest absolute Gasteiger partial charge is 0.338 e. The summed E-state index contributed by atoms with van der Waals surface area (Å²) in [5.41, 5.74) is 5.69. The normalized spacial score (nSPS) is 11.4. The predicted octanol–water partition coefficient (Wildman–Crippen LogP) is 4.70. The Hall–Kier alpha value is -3.16. The van der Waals surface area contributed by atoms with Gasteiger partial charge >= 0.3 is 5.97 Å². The molecule has 0 radical (unpaired) electrons. The highest BCUT2D eigenvalue weighted by Gasteiger charge is 2.18. The summed E-state index contributed by atoms with van der Waals surface area (Å²) in [6, 6.07) is 16.8. The van der Waals surface area contributed by atoms with Crippen LogP contribution in [0.3, 0.4) is 0 Å². The Balaban J connectivity index is 1.54. The Morgan fingerprint density at radius 3 is 2.39 bits per heavy atom. The van der Waals surface area contributed by atoms with Crippen LogP contribution in [0.2, 0.25) is 0 Å². The molecule has 0 aliphatic heterocycles. The van der Waals surface area contributed by atoms with E-state index in [1.807, 2.05) is 77.2 Å². The van der Waals surface area contributed by atoms with Crippen LogP contribution in [0.5, 0.6) is 11.6 Å². The highest BCUT2D eigenvalue weighted by atomic mass is 16.6. The molecule has 2 aromatic carbocycles. The summed E-state index contributed by atoms with van der Waals surface area (Å²) in [6.45, 7) is 8.27. The Labute approximate surface area is 182 Å². The molecule has 1 heterocycles. The standard InChI is InChI=1S/C24H29N3O4/c1-17-21(22(27(5)26-17)30-20-9-7-6-8-10-20)15-25-29-16-18-11-13-19(14-12-18)23(28)31-24(2,3)4/h6-14,25H,15-16H2,1-5H3. The van der Waals surface area contributed by atoms with E-state index >= 15 is 0 Å². The summed E-state index contributed by atoms with van der Waals surface area (Å²) in [6.07, 6.45) is 0. The van der Waals surface area contributed by atoms with Gasteiger partial charge < -0.3 is 9.47 Å². The van der Waals surface area contributed by atoms with Crippen molar-refractivity contribution in [1.82, 2.24) is 15.3 Å². The molecule has 0 saturated heterocycles. The van der Waals surface area contributed by atoms with Crippen molar-refractivity contribution in [2.24, 2.45) is 7.05 Å². The lowest BCUT2D eigenvalue weighted by molar-refractivity contribution is 0.00688. The third-order valence-electron chi connectivity index (χ3n) is 4.42. The number of carbonyl (C=O) groups excluding carboxylic acids is 1. The number of hydroxylamine groups is 1. The second-order valence-electron chi connectivity index (χ2n) is 8.22. The van der Waals surface area contributed by atoms with Gasteiger partial charge in [-0.2, -0.15) is 10.6 Å². The van der Waals surface area contributed by atoms with E-state index in [4.69, 9.17) is 14.3 Å². The molecular weight excluding hydrogens is 394 g/mol. The minimum Gasteiger partial charge on any atom is -0.456 e. The molecule has 164 valence electrons. The van der Waals surface area contributed by atoms with E-state index in [2.05, 4.69) is 10.6 Å². The van der Waals surface area contributed by atoms with Gasteiger partial charge in [0.05, 0.1) is 30.0 Å². The zero-order valence-electron chi connectivity index (χ0n) is 18.6. The molecule has 31 heavy (non-hydrogen) atoms. The fourth-order valence-corrected chi connectivity index (χ4v) is 2.94. The van der Waals surface area contributed by atoms with Gasteiger partial charge in [-0.3, -0.25) is 4.84 Å². The van der Waals surface area contributed by atoms with Gasteiger partial charge in [0.1, 0.15) is 11.4 Å². The Morgan fingerprint density at radius 2 is 1.74 bits per heavy atom. The zero-order valence-corrected chi connectivity index (χ0v) is 18.6. The third-order valence-corrected chi connectivity index (χ3v) is 4.42. The van der Waals surface area contributed by atoms with Crippen LogP contribution in [0.15, 0.2) is 54.6 Å². The molecule has 0 aliphatic carbocycles. The van der Waals surface area contributed by atoms with Crippen molar-refractivity contribution in [3.05, 3.63) is 77.0 Å². The first-order valence-electron chi connectivity index (χ1n) is 10.2. The molecular formula is C24H29N3O4. The average molecular weight is 424 g/mol. The maximum absolute atomic E-state index is 12.1. The molecule has 1 aromatic heterocycles. The molecule has 0 amide bonds. The second kappa shape index (κ2) is 9.76. The number of benzene rings is 2. The van der Waals surface area contributed by atoms with E-state index in [1.54, 1.807) is 16.8 Å². The van der Waals surface area contributed by atoms with Crippen LogP contribution in [-0.4, -0.2) is 21.4 Å². The van der Waals surface area contributed by atoms with Crippen LogP contribution in [0.25, 0.3) is 0 Å². The van der Waals surface area contributed by atoms with Gasteiger partial charge in [-0.25, -0.2) is 9.48 Å². The molecule has 0 bridgehead atoms. The molecule has 3 rings (SSSR count). The van der Waals surface area contributed by atoms with Gasteiger partial charge in [0, 0.05) is 7.05 Å². The number of hydrogen-bond donors (Lipinski definition) is 1. The molecule has 0 aliphatic rings. The number of hydrogen-bond acceptors (Lipinski definition) is 6. The molecule has 7 heteroatoms. The lowest BCUT2D eigenvalue weighted by Gasteiger charge is -2.19. The number of para-hydroxylation sites is 1. The number of esters is 1. The lowest BCUT2D eigenvalue weighted by Crippen LogP contribution is -2.23. The van der Waals surface area contributed by atoms with Crippen molar-refractivity contribution in [1.29, 1.82) is 0 Å². The van der Waals surface area contributed by atoms with E-state index < -0.39 is 5.60 Å². The maximum Gasteiger partial charge on any atom is 0.338 e. The molecule has 0 atom stereocenters. The highest BCUT2D eigenvalue weighted by molar-refractivity contribution is 5.89. The summed E-state index contributed by atoms with van der Waals surface area (Å²) < 4.78 is 13.1. The van der Waals surface area contributed by atoms with E-state index in [0.29, 0.717) is 24.6 Å². The number of rotatable bonds is 8. The first-order valence-corrected chi connectivity index (χ1v) is 10.2. The summed E-state index contributed by atoms with van der Waals surface area (Å²) in [5, 5.41) is 4.45. The van der Waals surface area contributed by atoms with Crippen LogP contribution in [0.4, 0.5) is 0 Å². The Bertz CT molecular complexity index is 1010. The molecule has 0 saturated carbocycles. The van der Waals surface area contributed by atoms with Crippen molar-refractivity contribution in [3.8, 4) is 11.6 Å². The van der Waals surface area contributed by atoms with Gasteiger partial charge in [-0.15, -0.1) is 0 Å². The topological polar surface area (TPSA) is 74.6 Å². The summed E-state index contributed by atoms with van der Waals surface area (Å²) in [7, 11) is 1.85. The van der Waals surface area contributed by atoms with Crippen molar-refractivity contribution in [3.63, 3.8) is 0 Å². The largest absolute Gasteiger partial charge is 0.456 e. The van der Waals surface area contributed by atoms with E-state index in [9.17, 15) is 4.79 Å². The molecule has 7 nitrogen and oxygen atoms in total. The van der Waals surface area contributed by atoms with Gasteiger partial charge in [0.2, 0.25) is 5.88 Å². The van der Waals surface area contributed by atoms with E-state index in [-0.39, 0.29) is 5.97 Å². The number of ether oxygens (including phenoxy) is 2. The predicted molar refractivity (Wildman–Crippen MR) is 118 cm³/mol. The SMILES string of the molecule is Cc1nn(C)c(Oc2ccccc2)c1CNOCc1ccc(C(=O)OC(C)(C)C)cc1. The summed E-state index contributed by atoms with van der Waals surface area (Å²) in [5.74, 6) is 1.08. The van der Waals surface area contributed by atoms with Gasteiger partial charge in [0.25, 0.3) is 0 Å². The highest BCUT2D eigenvalue weighted by Crippen LogP contribution is 2.27. The van der Waals surface area contributed by atoms with Crippen LogP contribution >= 0.6 is 0 Å². The first-order chi connectivity index (χ1) is 14.7. The number of aryl methyl sites for hydroxylation is 2. The number of nitrogens with zero attached hydrogens (tertiary/aromatic N) is 2. The third kappa shape index (κ3) is 6.41. The van der Waals surface area contributed by atoms with Gasteiger partial charge in [0.15, 0.2) is 0 Å². The molecule has 0 spiro atoms. The minimum atomic E-state index is -0.518. The van der Waals surface area contributed by atoms with Gasteiger partial charge in [-0.05, 0) is 57.5 Å². The van der Waals surface area contributed by atoms with Crippen LogP contribution in [0.1, 0.15) is 48.0 Å². The zero-order chi connectivity index (χ0) is 22.4. The number of carbonyl (C=O) groups is 1. The monoisotopic (exact) mass is 423 g/mol. The van der Waals surface area contributed by atoms with Gasteiger partial charge in [-0.1, -0.05) is 30.3 Å². The number of aromatic nitrogens is 2. The fourth-order valence-electron chi connectivity index (χ4n) is 2.94. The van der Waals surface area contributed by atoms with Crippen molar-refractivity contribution < 1.29 is 19.1 Å². The molecule has 0 unspecified atom stereocenters. The molecule has 1 N–H and O–H groups in total. The van der Waals surface area contributed by atoms with E-state index in [1.165, 1.54) is 0 Å². The van der Waals surface area contributed by atoms with Crippen LogP contribution in [0, 0.1) is 6.92 Å². The molecule has 0 fully saturated rings. The lowest BCUT2D eigenvalue weighted by atomic mass is 10.1. The van der Waals surface area contributed by atoms with Crippen LogP contribution < -0.4 is 10.2 Å². The summed E-state index contributed by atoms with van der Waals surface area (Å²) >= 11 is 0. The Morgan fingerprint density at radius 1 is 1.06 bits per heavy atom. The number of nitrogens with one attached hydrogen (secondary N) is 1. The van der Waals surface area contributed by atoms with Crippen molar-refractivity contribution in [2.45, 2.75) is 46.4 Å². The van der Waals surface area contributed by atoms with Crippen molar-refractivity contribution in [2.75, 3.05) is 0 Å².